The Bertz CT molecular complexity index is 689. The number of hydrogen-bond donors (Lipinski definition) is 1. The molecule has 4 aliphatic rings. The van der Waals surface area contributed by atoms with Crippen molar-refractivity contribution < 1.29 is 19.0 Å². The van der Waals surface area contributed by atoms with Crippen molar-refractivity contribution >= 4 is 12.0 Å². The Balaban J connectivity index is 1.44. The van der Waals surface area contributed by atoms with Crippen LogP contribution in [0.2, 0.25) is 0 Å². The maximum atomic E-state index is 12.6. The van der Waals surface area contributed by atoms with Gasteiger partial charge in [-0.15, -0.1) is 0 Å². The van der Waals surface area contributed by atoms with Gasteiger partial charge in [-0.05, 0) is 79.5 Å². The molecule has 1 aromatic carbocycles. The summed E-state index contributed by atoms with van der Waals surface area (Å²) in [5.41, 5.74) is 0.838. The van der Waals surface area contributed by atoms with Gasteiger partial charge in [-0.25, -0.2) is 0 Å². The molecule has 0 unspecified atom stereocenters. The van der Waals surface area contributed by atoms with Gasteiger partial charge in [0.15, 0.2) is 11.5 Å². The van der Waals surface area contributed by atoms with Crippen molar-refractivity contribution in [2.24, 2.45) is 23.7 Å². The van der Waals surface area contributed by atoms with Crippen LogP contribution >= 0.6 is 0 Å². The molecule has 1 amide bonds. The molecule has 0 heterocycles. The van der Waals surface area contributed by atoms with Crippen molar-refractivity contribution in [1.82, 2.24) is 5.32 Å². The van der Waals surface area contributed by atoms with E-state index in [4.69, 9.17) is 14.2 Å². The molecule has 5 heteroatoms. The normalized spacial score (nSPS) is 31.1. The summed E-state index contributed by atoms with van der Waals surface area (Å²) in [6.07, 6.45) is 10.0. The molecular weight excluding hydrogens is 342 g/mol. The van der Waals surface area contributed by atoms with Crippen molar-refractivity contribution in [2.75, 3.05) is 21.3 Å². The molecule has 4 aliphatic carbocycles. The molecule has 27 heavy (non-hydrogen) atoms. The van der Waals surface area contributed by atoms with Crippen LogP contribution in [0, 0.1) is 23.7 Å². The van der Waals surface area contributed by atoms with E-state index in [0.29, 0.717) is 35.1 Å². The number of methoxy groups -OCH3 is 3. The Kier molecular flexibility index (Phi) is 5.02. The maximum absolute atomic E-state index is 12.6. The minimum absolute atomic E-state index is 0.0128. The van der Waals surface area contributed by atoms with Crippen molar-refractivity contribution in [3.8, 4) is 17.2 Å². The highest BCUT2D eigenvalue weighted by Crippen LogP contribution is 2.53. The first-order valence-corrected chi connectivity index (χ1v) is 9.89. The van der Waals surface area contributed by atoms with Gasteiger partial charge in [0.25, 0.3) is 0 Å². The van der Waals surface area contributed by atoms with Crippen LogP contribution in [-0.4, -0.2) is 33.3 Å². The third kappa shape index (κ3) is 3.52. The lowest BCUT2D eigenvalue weighted by Gasteiger charge is -2.54. The summed E-state index contributed by atoms with van der Waals surface area (Å²) in [6.45, 7) is 0. The van der Waals surface area contributed by atoms with E-state index in [9.17, 15) is 4.79 Å². The first kappa shape index (κ1) is 18.2. The summed E-state index contributed by atoms with van der Waals surface area (Å²) >= 11 is 0. The zero-order chi connectivity index (χ0) is 19.0. The van der Waals surface area contributed by atoms with Crippen molar-refractivity contribution in [1.29, 1.82) is 0 Å². The highest BCUT2D eigenvalue weighted by Gasteiger charge is 2.48. The third-order valence-electron chi connectivity index (χ3n) is 6.65. The molecule has 0 saturated heterocycles. The fourth-order valence-corrected chi connectivity index (χ4v) is 5.74. The van der Waals surface area contributed by atoms with E-state index in [-0.39, 0.29) is 5.91 Å². The summed E-state index contributed by atoms with van der Waals surface area (Å²) in [4.78, 5) is 12.6. The second kappa shape index (κ2) is 7.45. The molecule has 0 aliphatic heterocycles. The standard InChI is InChI=1S/C22H29NO4/c1-25-18-11-13(12-19(26-2)22(18)27-3)4-5-20(24)23-21-16-7-14-6-15(9-16)10-17(21)8-14/h4-5,11-12,14-17,21H,6-10H2,1-3H3,(H,23,24)/b5-4+. The SMILES string of the molecule is COc1cc(/C=C/C(=O)NC2C3CC4CC(C3)CC2C4)cc(OC)c1OC. The van der Waals surface area contributed by atoms with Gasteiger partial charge in [-0.1, -0.05) is 0 Å². The van der Waals surface area contributed by atoms with Crippen LogP contribution in [-0.2, 0) is 4.79 Å². The monoisotopic (exact) mass is 371 g/mol. The zero-order valence-corrected chi connectivity index (χ0v) is 16.4. The van der Waals surface area contributed by atoms with E-state index < -0.39 is 0 Å². The topological polar surface area (TPSA) is 56.8 Å². The van der Waals surface area contributed by atoms with Crippen LogP contribution in [0.15, 0.2) is 18.2 Å². The number of rotatable bonds is 6. The van der Waals surface area contributed by atoms with Crippen LogP contribution in [0.25, 0.3) is 6.08 Å². The lowest BCUT2D eigenvalue weighted by Crippen LogP contribution is -2.55. The fraction of sp³-hybridized carbons (Fsp3) is 0.591. The minimum Gasteiger partial charge on any atom is -0.493 e. The number of carbonyl (C=O) groups excluding carboxylic acids is 1. The quantitative estimate of drug-likeness (QED) is 0.775. The van der Waals surface area contributed by atoms with E-state index in [0.717, 1.165) is 17.4 Å². The lowest BCUT2D eigenvalue weighted by molar-refractivity contribution is -0.120. The number of hydrogen-bond acceptors (Lipinski definition) is 4. The summed E-state index contributed by atoms with van der Waals surface area (Å²) in [7, 11) is 4.75. The molecule has 1 aromatic rings. The predicted octanol–water partition coefficient (Wildman–Crippen LogP) is 3.67. The molecule has 4 saturated carbocycles. The smallest absolute Gasteiger partial charge is 0.244 e. The molecule has 4 bridgehead atoms. The van der Waals surface area contributed by atoms with Gasteiger partial charge >= 0.3 is 0 Å². The number of amides is 1. The van der Waals surface area contributed by atoms with Crippen LogP contribution in [0.5, 0.6) is 17.2 Å². The molecule has 5 nitrogen and oxygen atoms in total. The first-order chi connectivity index (χ1) is 13.1. The average Bonchev–Trinajstić information content (AvgIpc) is 2.67. The molecule has 1 N–H and O–H groups in total. The van der Waals surface area contributed by atoms with Crippen molar-refractivity contribution in [2.45, 2.75) is 38.1 Å². The zero-order valence-electron chi connectivity index (χ0n) is 16.4. The molecule has 0 aromatic heterocycles. The van der Waals surface area contributed by atoms with Gasteiger partial charge in [0.2, 0.25) is 11.7 Å². The van der Waals surface area contributed by atoms with Gasteiger partial charge in [-0.3, -0.25) is 4.79 Å². The second-order valence-electron chi connectivity index (χ2n) is 8.26. The molecule has 0 radical (unpaired) electrons. The Morgan fingerprint density at radius 1 is 0.926 bits per heavy atom. The molecule has 0 atom stereocenters. The predicted molar refractivity (Wildman–Crippen MR) is 104 cm³/mol. The van der Waals surface area contributed by atoms with Crippen LogP contribution < -0.4 is 19.5 Å². The van der Waals surface area contributed by atoms with E-state index in [1.165, 1.54) is 32.1 Å². The number of ether oxygens (including phenoxy) is 3. The van der Waals surface area contributed by atoms with Crippen molar-refractivity contribution in [3.05, 3.63) is 23.8 Å². The minimum atomic E-state index is -0.0128. The second-order valence-corrected chi connectivity index (χ2v) is 8.26. The Labute approximate surface area is 161 Å². The maximum Gasteiger partial charge on any atom is 0.244 e. The van der Waals surface area contributed by atoms with Crippen molar-refractivity contribution in [3.63, 3.8) is 0 Å². The van der Waals surface area contributed by atoms with Crippen LogP contribution in [0.1, 0.15) is 37.7 Å². The van der Waals surface area contributed by atoms with Gasteiger partial charge < -0.3 is 19.5 Å². The molecule has 0 spiro atoms. The van der Waals surface area contributed by atoms with Crippen LogP contribution in [0.4, 0.5) is 0 Å². The van der Waals surface area contributed by atoms with Gasteiger partial charge in [-0.2, -0.15) is 0 Å². The van der Waals surface area contributed by atoms with E-state index >= 15 is 0 Å². The van der Waals surface area contributed by atoms with Gasteiger partial charge in [0, 0.05) is 12.1 Å². The molecule has 5 rings (SSSR count). The summed E-state index contributed by atoms with van der Waals surface area (Å²) in [5, 5.41) is 3.30. The summed E-state index contributed by atoms with van der Waals surface area (Å²) in [6, 6.07) is 4.04. The average molecular weight is 371 g/mol. The number of carbonyl (C=O) groups is 1. The largest absolute Gasteiger partial charge is 0.493 e. The number of nitrogens with one attached hydrogen (secondary N) is 1. The fourth-order valence-electron chi connectivity index (χ4n) is 5.74. The third-order valence-corrected chi connectivity index (χ3v) is 6.65. The van der Waals surface area contributed by atoms with E-state index in [1.54, 1.807) is 33.5 Å². The Hall–Kier alpha value is -2.17. The lowest BCUT2D eigenvalue weighted by atomic mass is 9.54. The summed E-state index contributed by atoms with van der Waals surface area (Å²) < 4.78 is 16.1. The van der Waals surface area contributed by atoms with Gasteiger partial charge in [0.05, 0.1) is 21.3 Å². The Morgan fingerprint density at radius 2 is 1.48 bits per heavy atom. The van der Waals surface area contributed by atoms with E-state index in [2.05, 4.69) is 5.32 Å². The molecular formula is C22H29NO4. The highest BCUT2D eigenvalue weighted by molar-refractivity contribution is 5.92. The van der Waals surface area contributed by atoms with Gasteiger partial charge in [0.1, 0.15) is 0 Å². The summed E-state index contributed by atoms with van der Waals surface area (Å²) in [5.74, 6) is 4.89. The first-order valence-electron chi connectivity index (χ1n) is 9.89. The molecule has 4 fully saturated rings. The highest BCUT2D eigenvalue weighted by atomic mass is 16.5. The number of benzene rings is 1. The molecule has 146 valence electrons. The van der Waals surface area contributed by atoms with E-state index in [1.807, 2.05) is 12.1 Å². The van der Waals surface area contributed by atoms with Crippen LogP contribution in [0.3, 0.4) is 0 Å². The Morgan fingerprint density at radius 3 is 1.96 bits per heavy atom.